The average Bonchev–Trinajstić information content (AvgIpc) is 2.66. The van der Waals surface area contributed by atoms with Crippen LogP contribution in [0.2, 0.25) is 0 Å². The number of aromatic nitrogens is 2. The first kappa shape index (κ1) is 24.1. The van der Waals surface area contributed by atoms with Crippen molar-refractivity contribution in [1.82, 2.24) is 9.97 Å². The van der Waals surface area contributed by atoms with Crippen molar-refractivity contribution in [2.75, 3.05) is 30.8 Å². The topological polar surface area (TPSA) is 64.2 Å². The lowest BCUT2D eigenvalue weighted by atomic mass is 9.90. The van der Waals surface area contributed by atoms with Gasteiger partial charge in [-0.25, -0.2) is 4.39 Å². The maximum Gasteiger partial charge on any atom is 0.128 e. The van der Waals surface area contributed by atoms with Crippen LogP contribution in [-0.2, 0) is 12.0 Å². The summed E-state index contributed by atoms with van der Waals surface area (Å²) in [6, 6.07) is 9.29. The van der Waals surface area contributed by atoms with Crippen molar-refractivity contribution >= 4 is 41.0 Å². The number of hydrogen-bond acceptors (Lipinski definition) is 4. The minimum atomic E-state index is -2.75. The molecule has 2 aromatic heterocycles. The summed E-state index contributed by atoms with van der Waals surface area (Å²) in [5.74, 6) is 1.10. The molecule has 1 atom stereocenters. The summed E-state index contributed by atoms with van der Waals surface area (Å²) in [7, 11) is -2.75. The summed E-state index contributed by atoms with van der Waals surface area (Å²) in [6.07, 6.45) is 13.5. The molecule has 3 aromatic rings. The summed E-state index contributed by atoms with van der Waals surface area (Å²) in [5, 5.41) is 1.02. The summed E-state index contributed by atoms with van der Waals surface area (Å²) >= 11 is 3.48. The van der Waals surface area contributed by atoms with E-state index in [2.05, 4.69) is 64.8 Å². The lowest BCUT2D eigenvalue weighted by Crippen LogP contribution is -2.65. The highest BCUT2D eigenvalue weighted by Crippen LogP contribution is 2.88. The molecule has 33 heavy (non-hydrogen) atoms. The van der Waals surface area contributed by atoms with Crippen LogP contribution in [0.5, 0.6) is 0 Å². The Balaban J connectivity index is 1.82. The van der Waals surface area contributed by atoms with Gasteiger partial charge in [0.1, 0.15) is 11.7 Å². The SMILES string of the molecule is CC1(C)C(N)=N[C@](C)(c2cc(Cc3nccc4cc(Br)cnc34)ccc2F)CS1(C)(C)(C)C. The van der Waals surface area contributed by atoms with E-state index in [1.165, 1.54) is 0 Å². The maximum absolute atomic E-state index is 15.3. The number of nitrogens with two attached hydrogens (primary N) is 1. The number of hydrogen-bond donors (Lipinski definition) is 1. The number of benzene rings is 1. The van der Waals surface area contributed by atoms with Crippen molar-refractivity contribution < 1.29 is 4.39 Å². The average molecular weight is 534 g/mol. The van der Waals surface area contributed by atoms with Crippen LogP contribution in [0.1, 0.15) is 37.6 Å². The highest BCUT2D eigenvalue weighted by molar-refractivity contribution is 9.10. The van der Waals surface area contributed by atoms with Gasteiger partial charge >= 0.3 is 0 Å². The second kappa shape index (κ2) is 6.79. The molecule has 0 fully saturated rings. The van der Waals surface area contributed by atoms with Crippen molar-refractivity contribution in [3.05, 3.63) is 69.8 Å². The van der Waals surface area contributed by atoms with Gasteiger partial charge in [0.15, 0.2) is 0 Å². The number of aliphatic imine (C=N–C) groups is 1. The summed E-state index contributed by atoms with van der Waals surface area (Å²) < 4.78 is 16.0. The number of halogens is 2. The van der Waals surface area contributed by atoms with Crippen LogP contribution in [0.4, 0.5) is 4.39 Å². The molecule has 0 spiro atoms. The van der Waals surface area contributed by atoms with E-state index in [9.17, 15) is 0 Å². The van der Waals surface area contributed by atoms with Crippen molar-refractivity contribution in [3.63, 3.8) is 0 Å². The van der Waals surface area contributed by atoms with Gasteiger partial charge in [-0.15, -0.1) is 0 Å². The Kier molecular flexibility index (Phi) is 4.96. The van der Waals surface area contributed by atoms with Crippen molar-refractivity contribution in [2.24, 2.45) is 10.7 Å². The van der Waals surface area contributed by atoms with E-state index >= 15 is 4.39 Å². The molecule has 0 saturated carbocycles. The first-order valence-electron chi connectivity index (χ1n) is 11.0. The largest absolute Gasteiger partial charge is 0.386 e. The van der Waals surface area contributed by atoms with Gasteiger partial charge in [0.2, 0.25) is 0 Å². The van der Waals surface area contributed by atoms with Gasteiger partial charge in [-0.3, -0.25) is 23.3 Å². The molecular weight excluding hydrogens is 499 g/mol. The van der Waals surface area contributed by atoms with Gasteiger partial charge in [0, 0.05) is 39.0 Å². The first-order valence-corrected chi connectivity index (χ1v) is 16.0. The normalized spacial score (nSPS) is 27.0. The smallest absolute Gasteiger partial charge is 0.128 e. The van der Waals surface area contributed by atoms with Crippen LogP contribution < -0.4 is 5.73 Å². The van der Waals surface area contributed by atoms with Crippen molar-refractivity contribution in [1.29, 1.82) is 0 Å². The number of rotatable bonds is 3. The quantitative estimate of drug-likeness (QED) is 0.457. The monoisotopic (exact) mass is 532 g/mol. The number of pyridine rings is 2. The zero-order valence-electron chi connectivity index (χ0n) is 20.5. The Hall–Kier alpha value is -1.99. The molecule has 0 unspecified atom stereocenters. The van der Waals surface area contributed by atoms with Crippen LogP contribution >= 0.6 is 24.2 Å². The second-order valence-electron chi connectivity index (χ2n) is 12.5. The van der Waals surface area contributed by atoms with Crippen molar-refractivity contribution in [2.45, 2.75) is 37.5 Å². The standard InChI is InChI=1S/C26H34BrFN4S/c1-25(2)24(29)32-26(3,16-33(25,4,5,6)7)20-12-17(8-9-21(20)28)13-22-23-18(10-11-30-22)14-19(27)15-31-23/h8-12,14-15H,13,16H2,1-7H3,(H2,29,32)/t26-/m0/s1. The Morgan fingerprint density at radius 3 is 2.42 bits per heavy atom. The second-order valence-corrected chi connectivity index (χ2v) is 23.8. The Bertz CT molecular complexity index is 1330. The highest BCUT2D eigenvalue weighted by Gasteiger charge is 2.63. The minimum absolute atomic E-state index is 0.251. The maximum atomic E-state index is 15.3. The van der Waals surface area contributed by atoms with E-state index in [1.54, 1.807) is 18.5 Å². The Labute approximate surface area is 203 Å². The predicted molar refractivity (Wildman–Crippen MR) is 146 cm³/mol. The molecule has 0 saturated heterocycles. The van der Waals surface area contributed by atoms with Crippen LogP contribution in [0.3, 0.4) is 0 Å². The Morgan fingerprint density at radius 1 is 1.06 bits per heavy atom. The number of fused-ring (bicyclic) bond motifs is 1. The van der Waals surface area contributed by atoms with E-state index < -0.39 is 13.8 Å². The molecular formula is C26H34BrFN4S. The lowest BCUT2D eigenvalue weighted by molar-refractivity contribution is 0.494. The summed E-state index contributed by atoms with van der Waals surface area (Å²) in [4.78, 5) is 14.1. The van der Waals surface area contributed by atoms with Gasteiger partial charge in [0.05, 0.1) is 16.7 Å². The molecule has 7 heteroatoms. The minimum Gasteiger partial charge on any atom is -0.386 e. The van der Waals surface area contributed by atoms with Gasteiger partial charge in [-0.1, -0.05) is 12.1 Å². The molecule has 0 amide bonds. The molecule has 4 nitrogen and oxygen atoms in total. The van der Waals surface area contributed by atoms with Gasteiger partial charge in [0.25, 0.3) is 0 Å². The number of nitrogens with zero attached hydrogens (tertiary/aromatic N) is 3. The summed E-state index contributed by atoms with van der Waals surface area (Å²) in [6.45, 7) is 6.38. The molecule has 3 heterocycles. The third kappa shape index (κ3) is 3.87. The first-order chi connectivity index (χ1) is 14.9. The number of amidine groups is 1. The van der Waals surface area contributed by atoms with E-state index in [-0.39, 0.29) is 10.6 Å². The molecule has 2 N–H and O–H groups in total. The van der Waals surface area contributed by atoms with Gasteiger partial charge < -0.3 is 5.73 Å². The van der Waals surface area contributed by atoms with Gasteiger partial charge in [-0.05, 0) is 91.2 Å². The molecule has 178 valence electrons. The molecule has 1 aliphatic heterocycles. The molecule has 4 rings (SSSR count). The van der Waals surface area contributed by atoms with Crippen LogP contribution in [0.15, 0.2) is 52.2 Å². The van der Waals surface area contributed by atoms with Crippen LogP contribution in [0, 0.1) is 5.82 Å². The fourth-order valence-corrected chi connectivity index (χ4v) is 9.51. The molecule has 0 radical (unpaired) electrons. The third-order valence-electron chi connectivity index (χ3n) is 7.94. The van der Waals surface area contributed by atoms with E-state index in [4.69, 9.17) is 10.7 Å². The summed E-state index contributed by atoms with van der Waals surface area (Å²) in [5.41, 5.74) is 9.13. The zero-order valence-corrected chi connectivity index (χ0v) is 22.9. The van der Waals surface area contributed by atoms with E-state index in [0.717, 1.165) is 32.4 Å². The lowest BCUT2D eigenvalue weighted by Gasteiger charge is -2.81. The predicted octanol–water partition coefficient (Wildman–Crippen LogP) is 5.88. The Morgan fingerprint density at radius 2 is 1.76 bits per heavy atom. The third-order valence-corrected chi connectivity index (χ3v) is 15.2. The van der Waals surface area contributed by atoms with E-state index in [0.29, 0.717) is 17.8 Å². The molecule has 0 aliphatic carbocycles. The van der Waals surface area contributed by atoms with Crippen molar-refractivity contribution in [3.8, 4) is 0 Å². The zero-order chi connectivity index (χ0) is 24.5. The molecule has 1 aliphatic rings. The fourth-order valence-electron chi connectivity index (χ4n) is 5.02. The fraction of sp³-hybridized carbons (Fsp3) is 0.423. The van der Waals surface area contributed by atoms with Crippen LogP contribution in [0.25, 0.3) is 10.9 Å². The van der Waals surface area contributed by atoms with E-state index in [1.807, 2.05) is 31.2 Å². The molecule has 1 aromatic carbocycles. The molecule has 0 bridgehead atoms. The van der Waals surface area contributed by atoms with Gasteiger partial charge in [-0.2, -0.15) is 0 Å². The van der Waals surface area contributed by atoms with Crippen LogP contribution in [-0.4, -0.2) is 51.3 Å². The highest BCUT2D eigenvalue weighted by atomic mass is 79.9.